The number of aliphatic hydroxyl groups excluding tert-OH is 1. The molecular formula is C15H19N3O4. The number of aliphatic hydroxyl groups is 1. The number of pyridine rings is 1. The molecule has 1 fully saturated rings. The molecule has 0 saturated carbocycles. The van der Waals surface area contributed by atoms with Crippen molar-refractivity contribution in [2.24, 2.45) is 0 Å². The summed E-state index contributed by atoms with van der Waals surface area (Å²) >= 11 is 0. The minimum atomic E-state index is -0.512. The summed E-state index contributed by atoms with van der Waals surface area (Å²) in [6, 6.07) is 3.59. The van der Waals surface area contributed by atoms with E-state index in [1.165, 1.54) is 6.20 Å². The van der Waals surface area contributed by atoms with Crippen molar-refractivity contribution in [2.45, 2.75) is 18.4 Å². The van der Waals surface area contributed by atoms with Gasteiger partial charge in [0.15, 0.2) is 0 Å². The van der Waals surface area contributed by atoms with Crippen LogP contribution in [-0.4, -0.2) is 53.1 Å². The Bertz CT molecular complexity index is 676. The number of hydrogen-bond acceptors (Lipinski definition) is 5. The predicted molar refractivity (Wildman–Crippen MR) is 79.1 cm³/mol. The van der Waals surface area contributed by atoms with Crippen molar-refractivity contribution >= 4 is 11.4 Å². The number of hydrogen-bond donors (Lipinski definition) is 2. The zero-order valence-corrected chi connectivity index (χ0v) is 12.4. The van der Waals surface area contributed by atoms with Crippen molar-refractivity contribution in [1.82, 2.24) is 14.9 Å². The molecule has 7 nitrogen and oxygen atoms in total. The van der Waals surface area contributed by atoms with E-state index in [0.717, 1.165) is 0 Å². The first-order valence-corrected chi connectivity index (χ1v) is 7.20. The predicted octanol–water partition coefficient (Wildman–Crippen LogP) is 0.614. The lowest BCUT2D eigenvalue weighted by molar-refractivity contribution is 0.0852. The zero-order chi connectivity index (χ0) is 15.6. The fourth-order valence-electron chi connectivity index (χ4n) is 2.83. The molecule has 1 aliphatic rings. The van der Waals surface area contributed by atoms with Crippen molar-refractivity contribution in [3.63, 3.8) is 0 Å². The van der Waals surface area contributed by atoms with Gasteiger partial charge in [-0.05, 0) is 25.0 Å². The quantitative estimate of drug-likeness (QED) is 0.845. The topological polar surface area (TPSA) is 85.1 Å². The summed E-state index contributed by atoms with van der Waals surface area (Å²) in [7, 11) is 1.56. The molecular weight excluding hydrogens is 286 g/mol. The Morgan fingerprint density at radius 1 is 1.64 bits per heavy atom. The third-order valence-electron chi connectivity index (χ3n) is 4.04. The van der Waals surface area contributed by atoms with Gasteiger partial charge in [-0.3, -0.25) is 4.79 Å². The number of carbonyl (C=O) groups is 1. The van der Waals surface area contributed by atoms with Crippen molar-refractivity contribution < 1.29 is 19.4 Å². The first-order chi connectivity index (χ1) is 10.7. The van der Waals surface area contributed by atoms with Crippen molar-refractivity contribution in [2.75, 3.05) is 26.9 Å². The average molecular weight is 305 g/mol. The largest absolute Gasteiger partial charge is 0.494 e. The summed E-state index contributed by atoms with van der Waals surface area (Å²) < 4.78 is 12.3. The van der Waals surface area contributed by atoms with Crippen molar-refractivity contribution in [3.8, 4) is 5.75 Å². The van der Waals surface area contributed by atoms with Crippen LogP contribution in [0, 0.1) is 0 Å². The van der Waals surface area contributed by atoms with E-state index < -0.39 is 5.54 Å². The molecule has 1 amide bonds. The van der Waals surface area contributed by atoms with Gasteiger partial charge in [-0.25, -0.2) is 4.52 Å². The Morgan fingerprint density at radius 2 is 2.50 bits per heavy atom. The first-order valence-electron chi connectivity index (χ1n) is 7.20. The number of aromatic nitrogens is 2. The second-order valence-corrected chi connectivity index (χ2v) is 5.44. The van der Waals surface area contributed by atoms with Crippen LogP contribution in [0.4, 0.5) is 0 Å². The molecule has 0 aromatic carbocycles. The molecule has 3 rings (SSSR count). The van der Waals surface area contributed by atoms with E-state index in [4.69, 9.17) is 9.47 Å². The number of methoxy groups -OCH3 is 1. The molecule has 0 spiro atoms. The highest BCUT2D eigenvalue weighted by Gasteiger charge is 2.36. The molecule has 1 atom stereocenters. The second kappa shape index (κ2) is 5.94. The number of nitrogens with one attached hydrogen (secondary N) is 1. The number of amides is 1. The van der Waals surface area contributed by atoms with Crippen LogP contribution in [0.15, 0.2) is 24.5 Å². The number of nitrogens with zero attached hydrogens (tertiary/aromatic N) is 2. The molecule has 0 aliphatic carbocycles. The number of fused-ring (bicyclic) bond motifs is 1. The van der Waals surface area contributed by atoms with E-state index in [1.807, 2.05) is 0 Å². The summed E-state index contributed by atoms with van der Waals surface area (Å²) in [4.78, 5) is 12.7. The lowest BCUT2D eigenvalue weighted by Gasteiger charge is -2.27. The van der Waals surface area contributed by atoms with Gasteiger partial charge in [-0.2, -0.15) is 5.10 Å². The van der Waals surface area contributed by atoms with Crippen LogP contribution in [0.2, 0.25) is 0 Å². The van der Waals surface area contributed by atoms with Crippen LogP contribution in [0.1, 0.15) is 23.2 Å². The summed E-state index contributed by atoms with van der Waals surface area (Å²) in [5.74, 6) is 0.350. The fourth-order valence-corrected chi connectivity index (χ4v) is 2.83. The van der Waals surface area contributed by atoms with Crippen LogP contribution < -0.4 is 10.1 Å². The summed E-state index contributed by atoms with van der Waals surface area (Å²) in [5, 5.41) is 16.4. The van der Waals surface area contributed by atoms with Crippen molar-refractivity contribution in [3.05, 3.63) is 30.1 Å². The first kappa shape index (κ1) is 14.8. The maximum atomic E-state index is 12.7. The molecule has 0 radical (unpaired) electrons. The van der Waals surface area contributed by atoms with Gasteiger partial charge in [0, 0.05) is 19.4 Å². The van der Waals surface area contributed by atoms with Crippen LogP contribution >= 0.6 is 0 Å². The minimum absolute atomic E-state index is 0.00171. The molecule has 2 aromatic heterocycles. The standard InChI is InChI=1S/C15H19N3O4/c1-21-12-3-2-6-18-13(12)11(9-16-18)14(20)17-15(4-7-19)5-8-22-10-15/h2-3,6,9,19H,4-5,7-8,10H2,1H3,(H,17,20). The molecule has 22 heavy (non-hydrogen) atoms. The lowest BCUT2D eigenvalue weighted by Crippen LogP contribution is -2.49. The highest BCUT2D eigenvalue weighted by atomic mass is 16.5. The van der Waals surface area contributed by atoms with Gasteiger partial charge in [-0.1, -0.05) is 0 Å². The summed E-state index contributed by atoms with van der Waals surface area (Å²) in [6.07, 6.45) is 4.44. The molecule has 7 heteroatoms. The molecule has 2 N–H and O–H groups in total. The average Bonchev–Trinajstić information content (AvgIpc) is 3.14. The zero-order valence-electron chi connectivity index (χ0n) is 12.4. The van der Waals surface area contributed by atoms with Gasteiger partial charge in [0.2, 0.25) is 0 Å². The molecule has 118 valence electrons. The normalized spacial score (nSPS) is 21.2. The van der Waals surface area contributed by atoms with Crippen LogP contribution in [-0.2, 0) is 4.74 Å². The van der Waals surface area contributed by atoms with Crippen LogP contribution in [0.25, 0.3) is 5.52 Å². The van der Waals surface area contributed by atoms with E-state index in [0.29, 0.717) is 42.9 Å². The van der Waals surface area contributed by atoms with Crippen molar-refractivity contribution in [1.29, 1.82) is 0 Å². The molecule has 3 heterocycles. The summed E-state index contributed by atoms with van der Waals surface area (Å²) in [6.45, 7) is 0.996. The monoisotopic (exact) mass is 305 g/mol. The molecule has 1 saturated heterocycles. The number of rotatable bonds is 5. The third-order valence-corrected chi connectivity index (χ3v) is 4.04. The Morgan fingerprint density at radius 3 is 3.18 bits per heavy atom. The molecule has 1 aliphatic heterocycles. The maximum Gasteiger partial charge on any atom is 0.255 e. The van der Waals surface area contributed by atoms with Gasteiger partial charge < -0.3 is 19.9 Å². The second-order valence-electron chi connectivity index (χ2n) is 5.44. The van der Waals surface area contributed by atoms with Gasteiger partial charge in [-0.15, -0.1) is 0 Å². The Labute approximate surface area is 127 Å². The van der Waals surface area contributed by atoms with Gasteiger partial charge >= 0.3 is 0 Å². The Kier molecular flexibility index (Phi) is 4.00. The molecule has 1 unspecified atom stereocenters. The van der Waals surface area contributed by atoms with E-state index in [-0.39, 0.29) is 12.5 Å². The smallest absolute Gasteiger partial charge is 0.255 e. The lowest BCUT2D eigenvalue weighted by atomic mass is 9.94. The van der Waals surface area contributed by atoms with E-state index in [1.54, 1.807) is 30.0 Å². The minimum Gasteiger partial charge on any atom is -0.494 e. The highest BCUT2D eigenvalue weighted by Crippen LogP contribution is 2.26. The maximum absolute atomic E-state index is 12.7. The van der Waals surface area contributed by atoms with Crippen LogP contribution in [0.5, 0.6) is 5.75 Å². The van der Waals surface area contributed by atoms with Crippen LogP contribution in [0.3, 0.4) is 0 Å². The molecule has 0 bridgehead atoms. The Balaban J connectivity index is 1.92. The highest BCUT2D eigenvalue weighted by molar-refractivity contribution is 6.02. The van der Waals surface area contributed by atoms with Gasteiger partial charge in [0.1, 0.15) is 11.3 Å². The third kappa shape index (κ3) is 2.53. The SMILES string of the molecule is COc1cccn2ncc(C(=O)NC3(CCO)CCOC3)c12. The van der Waals surface area contributed by atoms with Gasteiger partial charge in [0.25, 0.3) is 5.91 Å². The molecule has 2 aromatic rings. The number of ether oxygens (including phenoxy) is 2. The van der Waals surface area contributed by atoms with E-state index >= 15 is 0 Å². The number of carbonyl (C=O) groups excluding carboxylic acids is 1. The summed E-state index contributed by atoms with van der Waals surface area (Å²) in [5.41, 5.74) is 0.560. The van der Waals surface area contributed by atoms with Gasteiger partial charge in [0.05, 0.1) is 31.0 Å². The fraction of sp³-hybridized carbons (Fsp3) is 0.467. The van der Waals surface area contributed by atoms with E-state index in [2.05, 4.69) is 10.4 Å². The van der Waals surface area contributed by atoms with E-state index in [9.17, 15) is 9.90 Å². The Hall–Kier alpha value is -2.12.